The van der Waals surface area contributed by atoms with E-state index in [0.717, 1.165) is 32.4 Å². The lowest BCUT2D eigenvalue weighted by Crippen LogP contribution is -2.42. The van der Waals surface area contributed by atoms with Gasteiger partial charge in [0.2, 0.25) is 0 Å². The molecule has 3 heteroatoms. The number of unbranched alkanes of at least 4 members (excludes halogenated alkanes) is 2. The highest BCUT2D eigenvalue weighted by molar-refractivity contribution is 5.68. The van der Waals surface area contributed by atoms with Crippen molar-refractivity contribution in [2.75, 3.05) is 20.1 Å². The first-order valence-electron chi connectivity index (χ1n) is 5.73. The fraction of sp³-hybridized carbons (Fsp3) is 0.909. The molecule has 0 aliphatic carbocycles. The molecule has 1 rings (SSSR count). The van der Waals surface area contributed by atoms with Crippen LogP contribution in [0.5, 0.6) is 0 Å². The highest BCUT2D eigenvalue weighted by atomic mass is 16.7. The molecular formula is C11H22NO2+. The van der Waals surface area contributed by atoms with Crippen molar-refractivity contribution in [3.8, 4) is 0 Å². The Morgan fingerprint density at radius 1 is 1.29 bits per heavy atom. The minimum absolute atomic E-state index is 0.0251. The van der Waals surface area contributed by atoms with Gasteiger partial charge in [0, 0.05) is 12.8 Å². The molecule has 1 aliphatic heterocycles. The number of rotatable bonds is 5. The summed E-state index contributed by atoms with van der Waals surface area (Å²) in [6, 6.07) is 0. The maximum absolute atomic E-state index is 11.4. The molecule has 1 aliphatic rings. The number of quaternary nitrogens is 1. The van der Waals surface area contributed by atoms with E-state index in [1.165, 1.54) is 12.8 Å². The van der Waals surface area contributed by atoms with Crippen molar-refractivity contribution in [2.45, 2.75) is 45.4 Å². The van der Waals surface area contributed by atoms with E-state index in [1.54, 1.807) is 0 Å². The van der Waals surface area contributed by atoms with Crippen LogP contribution in [0.4, 0.5) is 0 Å². The molecule has 14 heavy (non-hydrogen) atoms. The lowest BCUT2D eigenvalue weighted by Gasteiger charge is -2.24. The molecule has 0 spiro atoms. The molecule has 0 unspecified atom stereocenters. The largest absolute Gasteiger partial charge is 0.366 e. The van der Waals surface area contributed by atoms with Gasteiger partial charge in [0.25, 0.3) is 0 Å². The topological polar surface area (TPSA) is 26.3 Å². The van der Waals surface area contributed by atoms with Gasteiger partial charge in [-0.15, -0.1) is 4.65 Å². The molecule has 0 aromatic heterocycles. The van der Waals surface area contributed by atoms with Gasteiger partial charge in [-0.3, -0.25) is 4.84 Å². The molecule has 1 fully saturated rings. The second kappa shape index (κ2) is 5.35. The number of hydroxylamine groups is 3. The van der Waals surface area contributed by atoms with Gasteiger partial charge in [-0.1, -0.05) is 19.8 Å². The van der Waals surface area contributed by atoms with Gasteiger partial charge >= 0.3 is 5.97 Å². The van der Waals surface area contributed by atoms with Crippen molar-refractivity contribution in [1.29, 1.82) is 0 Å². The molecule has 0 aromatic rings. The van der Waals surface area contributed by atoms with Crippen LogP contribution in [0.25, 0.3) is 0 Å². The molecule has 0 N–H and O–H groups in total. The van der Waals surface area contributed by atoms with Crippen molar-refractivity contribution >= 4 is 5.97 Å². The average Bonchev–Trinajstić information content (AvgIpc) is 2.52. The van der Waals surface area contributed by atoms with Gasteiger partial charge in [-0.25, -0.2) is 4.79 Å². The Kier molecular flexibility index (Phi) is 4.39. The van der Waals surface area contributed by atoms with E-state index < -0.39 is 0 Å². The first-order chi connectivity index (χ1) is 6.66. The summed E-state index contributed by atoms with van der Waals surface area (Å²) < 4.78 is 0.505. The molecule has 0 radical (unpaired) electrons. The Hall–Kier alpha value is -0.570. The first-order valence-corrected chi connectivity index (χ1v) is 5.73. The Bertz CT molecular complexity index is 186. The monoisotopic (exact) mass is 200 g/mol. The lowest BCUT2D eigenvalue weighted by atomic mass is 10.2. The average molecular weight is 200 g/mol. The van der Waals surface area contributed by atoms with Crippen molar-refractivity contribution in [3.05, 3.63) is 0 Å². The lowest BCUT2D eigenvalue weighted by molar-refractivity contribution is -1.07. The molecule has 0 amide bonds. The van der Waals surface area contributed by atoms with Crippen LogP contribution < -0.4 is 0 Å². The summed E-state index contributed by atoms with van der Waals surface area (Å²) in [5.74, 6) is -0.0251. The Balaban J connectivity index is 2.19. The molecule has 0 atom stereocenters. The summed E-state index contributed by atoms with van der Waals surface area (Å²) in [6.07, 6.45) is 6.19. The standard InChI is InChI=1S/C11H22NO2/c1-3-4-5-8-11(13)14-12(2)9-6-7-10-12/h3-10H2,1-2H3/q+1. The summed E-state index contributed by atoms with van der Waals surface area (Å²) in [4.78, 5) is 16.9. The fourth-order valence-corrected chi connectivity index (χ4v) is 1.91. The van der Waals surface area contributed by atoms with Crippen molar-refractivity contribution in [2.24, 2.45) is 0 Å². The van der Waals surface area contributed by atoms with Crippen LogP contribution in [0, 0.1) is 0 Å². The van der Waals surface area contributed by atoms with Crippen LogP contribution in [0.3, 0.4) is 0 Å². The van der Waals surface area contributed by atoms with E-state index in [-0.39, 0.29) is 5.97 Å². The molecule has 0 bridgehead atoms. The smallest absolute Gasteiger partial charge is 0.277 e. The number of hydrogen-bond acceptors (Lipinski definition) is 2. The van der Waals surface area contributed by atoms with E-state index in [9.17, 15) is 4.79 Å². The number of hydrogen-bond donors (Lipinski definition) is 0. The maximum atomic E-state index is 11.4. The van der Waals surface area contributed by atoms with Gasteiger partial charge < -0.3 is 0 Å². The Labute approximate surface area is 86.6 Å². The fourth-order valence-electron chi connectivity index (χ4n) is 1.91. The van der Waals surface area contributed by atoms with E-state index in [1.807, 2.05) is 7.05 Å². The molecule has 1 heterocycles. The van der Waals surface area contributed by atoms with Gasteiger partial charge in [0.15, 0.2) is 0 Å². The number of carbonyl (C=O) groups excluding carboxylic acids is 1. The van der Waals surface area contributed by atoms with Crippen LogP contribution in [0.1, 0.15) is 45.4 Å². The van der Waals surface area contributed by atoms with Crippen LogP contribution in [0.2, 0.25) is 0 Å². The van der Waals surface area contributed by atoms with Gasteiger partial charge in [-0.2, -0.15) is 0 Å². The van der Waals surface area contributed by atoms with E-state index in [0.29, 0.717) is 11.1 Å². The minimum Gasteiger partial charge on any atom is -0.277 e. The third-order valence-corrected chi connectivity index (χ3v) is 2.82. The molecule has 0 saturated carbocycles. The highest BCUT2D eigenvalue weighted by Crippen LogP contribution is 2.17. The third-order valence-electron chi connectivity index (χ3n) is 2.82. The summed E-state index contributed by atoms with van der Waals surface area (Å²) in [5, 5.41) is 0. The molecular weight excluding hydrogens is 178 g/mol. The highest BCUT2D eigenvalue weighted by Gasteiger charge is 2.31. The van der Waals surface area contributed by atoms with Gasteiger partial charge in [0.1, 0.15) is 20.1 Å². The first kappa shape index (κ1) is 11.5. The van der Waals surface area contributed by atoms with E-state index in [2.05, 4.69) is 6.92 Å². The van der Waals surface area contributed by atoms with E-state index >= 15 is 0 Å². The Morgan fingerprint density at radius 2 is 1.93 bits per heavy atom. The maximum Gasteiger partial charge on any atom is 0.366 e. The summed E-state index contributed by atoms with van der Waals surface area (Å²) in [7, 11) is 2.00. The molecule has 0 aromatic carbocycles. The summed E-state index contributed by atoms with van der Waals surface area (Å²) in [6.45, 7) is 4.11. The van der Waals surface area contributed by atoms with E-state index in [4.69, 9.17) is 4.84 Å². The summed E-state index contributed by atoms with van der Waals surface area (Å²) in [5.41, 5.74) is 0. The number of nitrogens with zero attached hydrogens (tertiary/aromatic N) is 1. The van der Waals surface area contributed by atoms with Crippen LogP contribution in [0.15, 0.2) is 0 Å². The summed E-state index contributed by atoms with van der Waals surface area (Å²) >= 11 is 0. The zero-order chi connectivity index (χ0) is 10.4. The van der Waals surface area contributed by atoms with Crippen molar-refractivity contribution < 1.29 is 14.3 Å². The number of likely N-dealkylation sites (tertiary alicyclic amines) is 1. The SMILES string of the molecule is CCCCCC(=O)O[N+]1(C)CCCC1. The van der Waals surface area contributed by atoms with Crippen LogP contribution >= 0.6 is 0 Å². The van der Waals surface area contributed by atoms with Crippen LogP contribution in [-0.2, 0) is 9.63 Å². The zero-order valence-corrected chi connectivity index (χ0v) is 9.42. The van der Waals surface area contributed by atoms with Crippen molar-refractivity contribution in [3.63, 3.8) is 0 Å². The third kappa shape index (κ3) is 3.66. The second-order valence-electron chi connectivity index (χ2n) is 4.37. The molecule has 1 saturated heterocycles. The second-order valence-corrected chi connectivity index (χ2v) is 4.37. The quantitative estimate of drug-likeness (QED) is 0.502. The molecule has 3 nitrogen and oxygen atoms in total. The molecule has 82 valence electrons. The minimum atomic E-state index is -0.0251. The number of carbonyl (C=O) groups is 1. The predicted molar refractivity (Wildman–Crippen MR) is 55.4 cm³/mol. The van der Waals surface area contributed by atoms with Crippen molar-refractivity contribution in [1.82, 2.24) is 0 Å². The van der Waals surface area contributed by atoms with Gasteiger partial charge in [0.05, 0.1) is 6.42 Å². The Morgan fingerprint density at radius 3 is 2.50 bits per heavy atom. The zero-order valence-electron chi connectivity index (χ0n) is 9.42. The normalized spacial score (nSPS) is 19.6. The van der Waals surface area contributed by atoms with Crippen LogP contribution in [-0.4, -0.2) is 30.8 Å². The van der Waals surface area contributed by atoms with Gasteiger partial charge in [-0.05, 0) is 6.42 Å². The predicted octanol–water partition coefficient (Wildman–Crippen LogP) is 2.27.